The minimum absolute atomic E-state index is 0.164. The average molecular weight is 302 g/mol. The molecule has 0 radical (unpaired) electrons. The van der Waals surface area contributed by atoms with E-state index in [1.54, 1.807) is 0 Å². The Bertz CT molecular complexity index is 458. The van der Waals surface area contributed by atoms with E-state index in [0.717, 1.165) is 25.1 Å². The van der Waals surface area contributed by atoms with Gasteiger partial charge in [-0.1, -0.05) is 19.9 Å². The summed E-state index contributed by atoms with van der Waals surface area (Å²) in [5.74, 6) is 0.294. The predicted molar refractivity (Wildman–Crippen MR) is 77.0 cm³/mol. The second-order valence-electron chi connectivity index (χ2n) is 5.31. The van der Waals surface area contributed by atoms with Gasteiger partial charge in [0.05, 0.1) is 5.56 Å². The van der Waals surface area contributed by atoms with Gasteiger partial charge >= 0.3 is 6.18 Å². The van der Waals surface area contributed by atoms with Crippen LogP contribution in [0, 0.1) is 5.92 Å². The van der Waals surface area contributed by atoms with Crippen LogP contribution in [0.2, 0.25) is 0 Å². The van der Waals surface area contributed by atoms with Crippen LogP contribution in [0.1, 0.15) is 32.3 Å². The van der Waals surface area contributed by atoms with E-state index in [4.69, 9.17) is 0 Å². The van der Waals surface area contributed by atoms with E-state index in [9.17, 15) is 18.0 Å². The summed E-state index contributed by atoms with van der Waals surface area (Å²) in [4.78, 5) is 11.6. The second-order valence-corrected chi connectivity index (χ2v) is 5.31. The molecule has 3 nitrogen and oxygen atoms in total. The highest BCUT2D eigenvalue weighted by atomic mass is 19.4. The molecule has 0 saturated carbocycles. The third-order valence-corrected chi connectivity index (χ3v) is 2.90. The third-order valence-electron chi connectivity index (χ3n) is 2.90. The number of hydrogen-bond donors (Lipinski definition) is 2. The molecule has 1 amide bonds. The van der Waals surface area contributed by atoms with Gasteiger partial charge in [-0.15, -0.1) is 0 Å². The van der Waals surface area contributed by atoms with Gasteiger partial charge in [-0.2, -0.15) is 13.2 Å². The number of carbonyl (C=O) groups excluding carboxylic acids is 1. The van der Waals surface area contributed by atoms with E-state index in [-0.39, 0.29) is 18.0 Å². The summed E-state index contributed by atoms with van der Waals surface area (Å²) >= 11 is 0. The van der Waals surface area contributed by atoms with Crippen molar-refractivity contribution in [1.82, 2.24) is 5.32 Å². The molecule has 0 aliphatic rings. The summed E-state index contributed by atoms with van der Waals surface area (Å²) in [7, 11) is 0. The molecule has 0 heterocycles. The predicted octanol–water partition coefficient (Wildman–Crippen LogP) is 3.67. The lowest BCUT2D eigenvalue weighted by Gasteiger charge is -2.10. The van der Waals surface area contributed by atoms with Crippen LogP contribution >= 0.6 is 0 Å². The molecule has 6 heteroatoms. The summed E-state index contributed by atoms with van der Waals surface area (Å²) in [6.45, 7) is 5.57. The van der Waals surface area contributed by atoms with Gasteiger partial charge in [0, 0.05) is 18.7 Å². The Balaban J connectivity index is 2.38. The smallest absolute Gasteiger partial charge is 0.326 e. The van der Waals surface area contributed by atoms with Crippen molar-refractivity contribution in [2.45, 2.75) is 32.9 Å². The van der Waals surface area contributed by atoms with Gasteiger partial charge in [-0.3, -0.25) is 4.79 Å². The van der Waals surface area contributed by atoms with Crippen LogP contribution in [0.4, 0.5) is 18.9 Å². The minimum Gasteiger partial charge on any atom is -0.326 e. The number of hydrogen-bond acceptors (Lipinski definition) is 2. The van der Waals surface area contributed by atoms with E-state index in [1.807, 2.05) is 0 Å². The Morgan fingerprint density at radius 1 is 1.24 bits per heavy atom. The molecular formula is C15H21F3N2O. The fraction of sp³-hybridized carbons (Fsp3) is 0.533. The molecule has 0 aromatic heterocycles. The number of benzene rings is 1. The zero-order chi connectivity index (χ0) is 15.9. The van der Waals surface area contributed by atoms with Crippen molar-refractivity contribution in [3.63, 3.8) is 0 Å². The Morgan fingerprint density at radius 2 is 1.95 bits per heavy atom. The molecule has 0 atom stereocenters. The fourth-order valence-electron chi connectivity index (χ4n) is 1.71. The summed E-state index contributed by atoms with van der Waals surface area (Å²) in [5.41, 5.74) is -0.604. The Hall–Kier alpha value is -1.56. The van der Waals surface area contributed by atoms with E-state index < -0.39 is 11.7 Å². The zero-order valence-corrected chi connectivity index (χ0v) is 12.3. The van der Waals surface area contributed by atoms with E-state index in [0.29, 0.717) is 12.5 Å². The van der Waals surface area contributed by atoms with Crippen LogP contribution in [-0.2, 0) is 11.0 Å². The van der Waals surface area contributed by atoms with Crippen LogP contribution in [0.15, 0.2) is 24.3 Å². The number of carbonyl (C=O) groups is 1. The van der Waals surface area contributed by atoms with Gasteiger partial charge in [0.15, 0.2) is 0 Å². The SMILES string of the molecule is CC(C)CCNCCC(=O)Nc1cccc(C(F)(F)F)c1. The highest BCUT2D eigenvalue weighted by Gasteiger charge is 2.30. The third kappa shape index (κ3) is 7.13. The number of alkyl halides is 3. The van der Waals surface area contributed by atoms with Gasteiger partial charge in [0.1, 0.15) is 0 Å². The van der Waals surface area contributed by atoms with Crippen molar-refractivity contribution in [2.75, 3.05) is 18.4 Å². The molecule has 1 aromatic rings. The topological polar surface area (TPSA) is 41.1 Å². The summed E-state index contributed by atoms with van der Waals surface area (Å²) in [6, 6.07) is 4.63. The molecule has 0 bridgehead atoms. The first kappa shape index (κ1) is 17.5. The molecule has 0 aliphatic heterocycles. The monoisotopic (exact) mass is 302 g/mol. The van der Waals surface area contributed by atoms with E-state index >= 15 is 0 Å². The van der Waals surface area contributed by atoms with Crippen molar-refractivity contribution < 1.29 is 18.0 Å². The summed E-state index contributed by atoms with van der Waals surface area (Å²) in [6.07, 6.45) is -3.15. The number of halogens is 3. The quantitative estimate of drug-likeness (QED) is 0.755. The van der Waals surface area contributed by atoms with Crippen molar-refractivity contribution in [1.29, 1.82) is 0 Å². The van der Waals surface area contributed by atoms with Gasteiger partial charge in [0.25, 0.3) is 0 Å². The maximum atomic E-state index is 12.5. The number of rotatable bonds is 7. The molecule has 0 spiro atoms. The Labute approximate surface area is 122 Å². The lowest BCUT2D eigenvalue weighted by molar-refractivity contribution is -0.137. The van der Waals surface area contributed by atoms with Crippen LogP contribution in [0.3, 0.4) is 0 Å². The van der Waals surface area contributed by atoms with Gasteiger partial charge < -0.3 is 10.6 Å². The lowest BCUT2D eigenvalue weighted by Crippen LogP contribution is -2.23. The van der Waals surface area contributed by atoms with Crippen molar-refractivity contribution >= 4 is 11.6 Å². The molecule has 1 aromatic carbocycles. The zero-order valence-electron chi connectivity index (χ0n) is 12.3. The van der Waals surface area contributed by atoms with Gasteiger partial charge in [0.2, 0.25) is 5.91 Å². The van der Waals surface area contributed by atoms with E-state index in [1.165, 1.54) is 12.1 Å². The Kier molecular flexibility index (Phi) is 6.68. The molecule has 21 heavy (non-hydrogen) atoms. The Morgan fingerprint density at radius 3 is 2.57 bits per heavy atom. The molecular weight excluding hydrogens is 281 g/mol. The normalized spacial score (nSPS) is 11.7. The van der Waals surface area contributed by atoms with Crippen LogP contribution < -0.4 is 10.6 Å². The molecule has 1 rings (SSSR count). The first-order chi connectivity index (χ1) is 9.79. The summed E-state index contributed by atoms with van der Waals surface area (Å²) in [5, 5.41) is 5.60. The largest absolute Gasteiger partial charge is 0.416 e. The standard InChI is InChI=1S/C15H21F3N2O/c1-11(2)6-8-19-9-7-14(21)20-13-5-3-4-12(10-13)15(16,17)18/h3-5,10-11,19H,6-9H2,1-2H3,(H,20,21). The minimum atomic E-state index is -4.40. The van der Waals surface area contributed by atoms with Crippen molar-refractivity contribution in [2.24, 2.45) is 5.92 Å². The number of nitrogens with one attached hydrogen (secondary N) is 2. The lowest BCUT2D eigenvalue weighted by atomic mass is 10.1. The molecule has 2 N–H and O–H groups in total. The fourth-order valence-corrected chi connectivity index (χ4v) is 1.71. The molecule has 0 saturated heterocycles. The molecule has 0 unspecified atom stereocenters. The van der Waals surface area contributed by atoms with Crippen molar-refractivity contribution in [3.05, 3.63) is 29.8 Å². The van der Waals surface area contributed by atoms with E-state index in [2.05, 4.69) is 24.5 Å². The molecule has 118 valence electrons. The first-order valence-corrected chi connectivity index (χ1v) is 6.97. The van der Waals surface area contributed by atoms with Crippen molar-refractivity contribution in [3.8, 4) is 0 Å². The van der Waals surface area contributed by atoms with Gasteiger partial charge in [-0.25, -0.2) is 0 Å². The second kappa shape index (κ2) is 8.02. The van der Waals surface area contributed by atoms with Gasteiger partial charge in [-0.05, 0) is 37.1 Å². The first-order valence-electron chi connectivity index (χ1n) is 6.97. The molecule has 0 fully saturated rings. The van der Waals surface area contributed by atoms with Crippen LogP contribution in [-0.4, -0.2) is 19.0 Å². The maximum absolute atomic E-state index is 12.5. The molecule has 0 aliphatic carbocycles. The maximum Gasteiger partial charge on any atom is 0.416 e. The number of anilines is 1. The highest BCUT2D eigenvalue weighted by molar-refractivity contribution is 5.90. The summed E-state index contributed by atoms with van der Waals surface area (Å²) < 4.78 is 37.6. The average Bonchev–Trinajstić information content (AvgIpc) is 2.37. The highest BCUT2D eigenvalue weighted by Crippen LogP contribution is 2.30. The van der Waals surface area contributed by atoms with Crippen LogP contribution in [0.5, 0.6) is 0 Å². The van der Waals surface area contributed by atoms with Crippen LogP contribution in [0.25, 0.3) is 0 Å². The number of amides is 1.